The van der Waals surface area contributed by atoms with Gasteiger partial charge in [-0.15, -0.1) is 0 Å². The largest absolute Gasteiger partial charge is 0.478 e. The Balaban J connectivity index is 2.86. The van der Waals surface area contributed by atoms with E-state index in [0.717, 1.165) is 0 Å². The number of nitrogens with one attached hydrogen (secondary N) is 1. The summed E-state index contributed by atoms with van der Waals surface area (Å²) in [5.41, 5.74) is 0.310. The number of aromatic carboxylic acids is 1. The van der Waals surface area contributed by atoms with Gasteiger partial charge in [-0.25, -0.2) is 4.79 Å². The summed E-state index contributed by atoms with van der Waals surface area (Å²) in [5.74, 6) is -1.58. The first-order valence-corrected chi connectivity index (χ1v) is 7.45. The molecule has 1 amide bonds. The van der Waals surface area contributed by atoms with E-state index in [4.69, 9.17) is 5.11 Å². The number of carbonyl (C=O) groups is 2. The molecule has 6 heteroatoms. The summed E-state index contributed by atoms with van der Waals surface area (Å²) in [6, 6.07) is 4.54. The number of rotatable bonds is 4. The molecule has 1 aromatic carbocycles. The minimum atomic E-state index is -1.56. The lowest BCUT2D eigenvalue weighted by Crippen LogP contribution is -2.42. The molecular weight excluding hydrogens is 278 g/mol. The summed E-state index contributed by atoms with van der Waals surface area (Å²) in [7, 11) is -1.56. The first-order chi connectivity index (χ1) is 9.10. The van der Waals surface area contributed by atoms with Gasteiger partial charge in [0.2, 0.25) is 5.91 Å². The average Bonchev–Trinajstić information content (AvgIpc) is 2.26. The smallest absolute Gasteiger partial charge is 0.335 e. The highest BCUT2D eigenvalue weighted by Gasteiger charge is 2.18. The quantitative estimate of drug-likeness (QED) is 0.886. The number of aryl methyl sites for hydroxylation is 1. The van der Waals surface area contributed by atoms with E-state index in [1.54, 1.807) is 19.1 Å². The van der Waals surface area contributed by atoms with Crippen LogP contribution in [0, 0.1) is 6.92 Å². The molecule has 0 saturated carbocycles. The Hall–Kier alpha value is -1.69. The second kappa shape index (κ2) is 6.17. The minimum Gasteiger partial charge on any atom is -0.478 e. The number of carboxylic acid groups (broad SMARTS) is 1. The Morgan fingerprint density at radius 2 is 1.90 bits per heavy atom. The highest BCUT2D eigenvalue weighted by atomic mass is 32.2. The van der Waals surface area contributed by atoms with E-state index in [1.165, 1.54) is 6.07 Å². The molecule has 0 saturated heterocycles. The van der Waals surface area contributed by atoms with Crippen molar-refractivity contribution in [2.45, 2.75) is 38.1 Å². The minimum absolute atomic E-state index is 0.104. The second-order valence-electron chi connectivity index (χ2n) is 5.57. The summed E-state index contributed by atoms with van der Waals surface area (Å²) in [5, 5.41) is 11.7. The maximum absolute atomic E-state index is 12.1. The third kappa shape index (κ3) is 4.77. The van der Waals surface area contributed by atoms with Crippen LogP contribution in [0.3, 0.4) is 0 Å². The van der Waals surface area contributed by atoms with Gasteiger partial charge in [0.05, 0.1) is 16.4 Å². The van der Waals surface area contributed by atoms with Crippen LogP contribution in [0.15, 0.2) is 23.1 Å². The van der Waals surface area contributed by atoms with Crippen molar-refractivity contribution in [3.63, 3.8) is 0 Å². The molecule has 1 atom stereocenters. The summed E-state index contributed by atoms with van der Waals surface area (Å²) >= 11 is 0. The molecule has 2 N–H and O–H groups in total. The second-order valence-corrected chi connectivity index (χ2v) is 7.02. The lowest BCUT2D eigenvalue weighted by Gasteiger charge is -2.20. The molecular formula is C14H19NO4S. The van der Waals surface area contributed by atoms with E-state index in [1.807, 2.05) is 20.8 Å². The predicted octanol–water partition coefficient (Wildman–Crippen LogP) is 1.72. The normalized spacial score (nSPS) is 12.8. The number of benzene rings is 1. The van der Waals surface area contributed by atoms with Crippen molar-refractivity contribution < 1.29 is 18.9 Å². The van der Waals surface area contributed by atoms with Crippen LogP contribution in [0.4, 0.5) is 0 Å². The lowest BCUT2D eigenvalue weighted by molar-refractivity contribution is -0.119. The van der Waals surface area contributed by atoms with Crippen molar-refractivity contribution >= 4 is 22.7 Å². The summed E-state index contributed by atoms with van der Waals surface area (Å²) in [4.78, 5) is 23.1. The predicted molar refractivity (Wildman–Crippen MR) is 77.3 cm³/mol. The van der Waals surface area contributed by atoms with Gasteiger partial charge in [-0.05, 0) is 45.4 Å². The van der Waals surface area contributed by atoms with E-state index in [2.05, 4.69) is 5.32 Å². The van der Waals surface area contributed by atoms with Gasteiger partial charge in [-0.3, -0.25) is 9.00 Å². The van der Waals surface area contributed by atoms with E-state index in [0.29, 0.717) is 10.5 Å². The Kier molecular flexibility index (Phi) is 5.05. The molecule has 0 aliphatic carbocycles. The van der Waals surface area contributed by atoms with Crippen LogP contribution in [-0.4, -0.2) is 32.5 Å². The Bertz CT molecular complexity index is 561. The number of carboxylic acids is 1. The maximum atomic E-state index is 12.1. The van der Waals surface area contributed by atoms with Crippen molar-refractivity contribution in [2.75, 3.05) is 5.75 Å². The van der Waals surface area contributed by atoms with E-state index in [-0.39, 0.29) is 22.8 Å². The van der Waals surface area contributed by atoms with Crippen molar-refractivity contribution in [1.29, 1.82) is 0 Å². The average molecular weight is 297 g/mol. The van der Waals surface area contributed by atoms with Crippen LogP contribution in [-0.2, 0) is 15.6 Å². The van der Waals surface area contributed by atoms with Gasteiger partial charge in [-0.2, -0.15) is 0 Å². The van der Waals surface area contributed by atoms with Crippen molar-refractivity contribution in [3.8, 4) is 0 Å². The SMILES string of the molecule is Cc1ccc(S(=O)CC(=O)NC(C)(C)C)cc1C(=O)O. The van der Waals surface area contributed by atoms with E-state index in [9.17, 15) is 13.8 Å². The van der Waals surface area contributed by atoms with Gasteiger partial charge in [0, 0.05) is 10.4 Å². The first-order valence-electron chi connectivity index (χ1n) is 6.13. The number of hydrogen-bond acceptors (Lipinski definition) is 3. The standard InChI is InChI=1S/C14H19NO4S/c1-9-5-6-10(7-11(9)13(17)18)20(19)8-12(16)15-14(2,3)4/h5-7H,8H2,1-4H3,(H,15,16)(H,17,18). The maximum Gasteiger partial charge on any atom is 0.335 e. The van der Waals surface area contributed by atoms with Crippen LogP contribution >= 0.6 is 0 Å². The van der Waals surface area contributed by atoms with Gasteiger partial charge in [0.1, 0.15) is 5.75 Å². The van der Waals surface area contributed by atoms with Gasteiger partial charge < -0.3 is 10.4 Å². The van der Waals surface area contributed by atoms with Crippen molar-refractivity contribution in [1.82, 2.24) is 5.32 Å². The molecule has 1 unspecified atom stereocenters. The molecule has 0 spiro atoms. The third-order valence-electron chi connectivity index (χ3n) is 2.48. The van der Waals surface area contributed by atoms with Gasteiger partial charge >= 0.3 is 5.97 Å². The zero-order chi connectivity index (χ0) is 15.5. The van der Waals surface area contributed by atoms with Crippen LogP contribution in [0.25, 0.3) is 0 Å². The molecule has 20 heavy (non-hydrogen) atoms. The van der Waals surface area contributed by atoms with Crippen molar-refractivity contribution in [2.24, 2.45) is 0 Å². The molecule has 0 aliphatic heterocycles. The third-order valence-corrected chi connectivity index (χ3v) is 3.78. The summed E-state index contributed by atoms with van der Waals surface area (Å²) in [6.45, 7) is 7.18. The summed E-state index contributed by atoms with van der Waals surface area (Å²) < 4.78 is 12.1. The van der Waals surface area contributed by atoms with Crippen molar-refractivity contribution in [3.05, 3.63) is 29.3 Å². The van der Waals surface area contributed by atoms with E-state index < -0.39 is 16.8 Å². The molecule has 110 valence electrons. The molecule has 1 rings (SSSR count). The molecule has 0 aromatic heterocycles. The molecule has 0 fully saturated rings. The fourth-order valence-corrected chi connectivity index (χ4v) is 2.58. The van der Waals surface area contributed by atoms with E-state index >= 15 is 0 Å². The van der Waals surface area contributed by atoms with Gasteiger partial charge in [0.15, 0.2) is 0 Å². The topological polar surface area (TPSA) is 83.5 Å². The highest BCUT2D eigenvalue weighted by Crippen LogP contribution is 2.15. The van der Waals surface area contributed by atoms with Gasteiger partial charge in [-0.1, -0.05) is 6.07 Å². The van der Waals surface area contributed by atoms with Crippen LogP contribution in [0.5, 0.6) is 0 Å². The molecule has 1 aromatic rings. The van der Waals surface area contributed by atoms with Gasteiger partial charge in [0.25, 0.3) is 0 Å². The molecule has 5 nitrogen and oxygen atoms in total. The summed E-state index contributed by atoms with van der Waals surface area (Å²) in [6.07, 6.45) is 0. The van der Waals surface area contributed by atoms with Crippen LogP contribution in [0.2, 0.25) is 0 Å². The van der Waals surface area contributed by atoms with Crippen LogP contribution < -0.4 is 5.32 Å². The molecule has 0 aliphatic rings. The zero-order valence-electron chi connectivity index (χ0n) is 12.0. The Morgan fingerprint density at radius 3 is 2.40 bits per heavy atom. The monoisotopic (exact) mass is 297 g/mol. The highest BCUT2D eigenvalue weighted by molar-refractivity contribution is 7.85. The lowest BCUT2D eigenvalue weighted by atomic mass is 10.1. The number of hydrogen-bond donors (Lipinski definition) is 2. The molecule has 0 radical (unpaired) electrons. The number of amides is 1. The first kappa shape index (κ1) is 16.4. The molecule has 0 heterocycles. The molecule has 0 bridgehead atoms. The fourth-order valence-electron chi connectivity index (χ4n) is 1.63. The number of carbonyl (C=O) groups excluding carboxylic acids is 1. The Morgan fingerprint density at radius 1 is 1.30 bits per heavy atom. The van der Waals surface area contributed by atoms with Crippen LogP contribution in [0.1, 0.15) is 36.7 Å². The zero-order valence-corrected chi connectivity index (χ0v) is 12.8. The fraction of sp³-hybridized carbons (Fsp3) is 0.429. The Labute approximate surface area is 120 Å².